The van der Waals surface area contributed by atoms with Gasteiger partial charge in [0, 0.05) is 18.9 Å². The predicted molar refractivity (Wildman–Crippen MR) is 47.2 cm³/mol. The van der Waals surface area contributed by atoms with Crippen LogP contribution in [0.5, 0.6) is 0 Å². The molecule has 66 valence electrons. The topological polar surface area (TPSA) is 60.7 Å². The maximum Gasteiger partial charge on any atom is 0.0810 e. The number of nitrogens with zero attached hydrogens (tertiary/aromatic N) is 2. The molecule has 2 atom stereocenters. The van der Waals surface area contributed by atoms with Gasteiger partial charge in [-0.05, 0) is 11.6 Å². The molecule has 0 spiro atoms. The van der Waals surface area contributed by atoms with Gasteiger partial charge < -0.3 is 0 Å². The lowest BCUT2D eigenvalue weighted by Gasteiger charge is -2.11. The molecule has 1 aliphatic rings. The minimum absolute atomic E-state index is 0.0100. The Morgan fingerprint density at radius 3 is 3.23 bits per heavy atom. The molecule has 1 aromatic rings. The second-order valence-electron chi connectivity index (χ2n) is 3.02. The van der Waals surface area contributed by atoms with E-state index in [1.165, 1.54) is 0 Å². The van der Waals surface area contributed by atoms with Crippen LogP contribution in [-0.2, 0) is 0 Å². The zero-order valence-electron chi connectivity index (χ0n) is 7.07. The standard InChI is InChI=1S/C9H10N4/c10-4-8-6-12-13-9(8)7-2-1-3-11-5-7/h1-3,5,8-9,12-13H,6H2. The zero-order valence-corrected chi connectivity index (χ0v) is 7.07. The van der Waals surface area contributed by atoms with Gasteiger partial charge in [0.2, 0.25) is 0 Å². The van der Waals surface area contributed by atoms with Crippen LogP contribution >= 0.6 is 0 Å². The molecule has 0 bridgehead atoms. The van der Waals surface area contributed by atoms with Crippen LogP contribution in [0, 0.1) is 17.2 Å². The van der Waals surface area contributed by atoms with Crippen LogP contribution in [-0.4, -0.2) is 11.5 Å². The maximum atomic E-state index is 8.85. The van der Waals surface area contributed by atoms with Gasteiger partial charge in [-0.3, -0.25) is 10.4 Å². The smallest absolute Gasteiger partial charge is 0.0810 e. The first-order chi connectivity index (χ1) is 6.42. The molecule has 2 unspecified atom stereocenters. The number of nitrogens with one attached hydrogen (secondary N) is 2. The highest BCUT2D eigenvalue weighted by molar-refractivity contribution is 5.18. The summed E-state index contributed by atoms with van der Waals surface area (Å²) in [5, 5.41) is 8.85. The number of aromatic nitrogens is 1. The molecule has 1 fully saturated rings. The quantitative estimate of drug-likeness (QED) is 0.645. The molecule has 2 heterocycles. The SMILES string of the molecule is N#CC1CNNC1c1cccnc1. The molecule has 1 aromatic heterocycles. The number of hydrogen-bond donors (Lipinski definition) is 2. The van der Waals surface area contributed by atoms with E-state index in [1.807, 2.05) is 12.1 Å². The van der Waals surface area contributed by atoms with E-state index in [0.29, 0.717) is 6.54 Å². The molecule has 1 saturated heterocycles. The summed E-state index contributed by atoms with van der Waals surface area (Å²) >= 11 is 0. The molecule has 2 N–H and O–H groups in total. The molecule has 0 radical (unpaired) electrons. The summed E-state index contributed by atoms with van der Waals surface area (Å²) in [7, 11) is 0. The first kappa shape index (κ1) is 8.17. The first-order valence-electron chi connectivity index (χ1n) is 4.20. The lowest BCUT2D eigenvalue weighted by Crippen LogP contribution is -2.24. The van der Waals surface area contributed by atoms with Gasteiger partial charge >= 0.3 is 0 Å². The van der Waals surface area contributed by atoms with Crippen molar-refractivity contribution in [3.05, 3.63) is 30.1 Å². The second-order valence-corrected chi connectivity index (χ2v) is 3.02. The van der Waals surface area contributed by atoms with Gasteiger partial charge in [-0.2, -0.15) is 5.26 Å². The van der Waals surface area contributed by atoms with Gasteiger partial charge in [0.1, 0.15) is 0 Å². The summed E-state index contributed by atoms with van der Waals surface area (Å²) in [6, 6.07) is 6.18. The number of hydrogen-bond acceptors (Lipinski definition) is 4. The maximum absolute atomic E-state index is 8.85. The van der Waals surface area contributed by atoms with E-state index in [0.717, 1.165) is 5.56 Å². The van der Waals surface area contributed by atoms with Crippen molar-refractivity contribution in [3.63, 3.8) is 0 Å². The first-order valence-corrected chi connectivity index (χ1v) is 4.20. The highest BCUT2D eigenvalue weighted by Crippen LogP contribution is 2.22. The highest BCUT2D eigenvalue weighted by Gasteiger charge is 2.27. The average molecular weight is 174 g/mol. The third kappa shape index (κ3) is 1.52. The van der Waals surface area contributed by atoms with E-state index in [4.69, 9.17) is 5.26 Å². The van der Waals surface area contributed by atoms with Crippen molar-refractivity contribution in [2.75, 3.05) is 6.54 Å². The summed E-state index contributed by atoms with van der Waals surface area (Å²) < 4.78 is 0. The van der Waals surface area contributed by atoms with Crippen molar-refractivity contribution in [3.8, 4) is 6.07 Å². The lowest BCUT2D eigenvalue weighted by molar-refractivity contribution is 0.543. The molecule has 0 amide bonds. The summed E-state index contributed by atoms with van der Waals surface area (Å²) in [4.78, 5) is 4.02. The Balaban J connectivity index is 2.22. The van der Waals surface area contributed by atoms with Crippen molar-refractivity contribution in [1.29, 1.82) is 5.26 Å². The van der Waals surface area contributed by atoms with Crippen molar-refractivity contribution < 1.29 is 0 Å². The molecule has 2 rings (SSSR count). The lowest BCUT2D eigenvalue weighted by atomic mass is 9.98. The normalized spacial score (nSPS) is 27.0. The Morgan fingerprint density at radius 1 is 1.62 bits per heavy atom. The van der Waals surface area contributed by atoms with Gasteiger partial charge in [-0.25, -0.2) is 5.43 Å². The monoisotopic (exact) mass is 174 g/mol. The van der Waals surface area contributed by atoms with Gasteiger partial charge in [-0.15, -0.1) is 0 Å². The fourth-order valence-corrected chi connectivity index (χ4v) is 1.49. The molecule has 1 aliphatic heterocycles. The highest BCUT2D eigenvalue weighted by atomic mass is 15.4. The number of nitriles is 1. The largest absolute Gasteiger partial charge is 0.264 e. The number of rotatable bonds is 1. The van der Waals surface area contributed by atoms with E-state index in [9.17, 15) is 0 Å². The molecular weight excluding hydrogens is 164 g/mol. The number of pyridine rings is 1. The van der Waals surface area contributed by atoms with Gasteiger partial charge in [0.05, 0.1) is 18.0 Å². The fraction of sp³-hybridized carbons (Fsp3) is 0.333. The van der Waals surface area contributed by atoms with Crippen LogP contribution in [0.25, 0.3) is 0 Å². The van der Waals surface area contributed by atoms with E-state index in [-0.39, 0.29) is 12.0 Å². The Labute approximate surface area is 76.6 Å². The minimum atomic E-state index is -0.0100. The molecule has 0 saturated carbocycles. The predicted octanol–water partition coefficient (Wildman–Crippen LogP) is 0.370. The van der Waals surface area contributed by atoms with Crippen molar-refractivity contribution in [2.45, 2.75) is 6.04 Å². The fourth-order valence-electron chi connectivity index (χ4n) is 1.49. The Morgan fingerprint density at radius 2 is 2.54 bits per heavy atom. The van der Waals surface area contributed by atoms with E-state index in [2.05, 4.69) is 21.9 Å². The van der Waals surface area contributed by atoms with Crippen LogP contribution in [0.4, 0.5) is 0 Å². The van der Waals surface area contributed by atoms with Gasteiger partial charge in [-0.1, -0.05) is 6.07 Å². The summed E-state index contributed by atoms with van der Waals surface area (Å²) in [6.45, 7) is 0.691. The molecule has 0 aromatic carbocycles. The summed E-state index contributed by atoms with van der Waals surface area (Å²) in [6.07, 6.45) is 3.52. The minimum Gasteiger partial charge on any atom is -0.264 e. The summed E-state index contributed by atoms with van der Waals surface area (Å²) in [5.41, 5.74) is 7.09. The van der Waals surface area contributed by atoms with E-state index < -0.39 is 0 Å². The van der Waals surface area contributed by atoms with E-state index >= 15 is 0 Å². The summed E-state index contributed by atoms with van der Waals surface area (Å²) in [5.74, 6) is -0.0100. The average Bonchev–Trinajstić information content (AvgIpc) is 2.67. The van der Waals surface area contributed by atoms with Crippen LogP contribution in [0.1, 0.15) is 11.6 Å². The van der Waals surface area contributed by atoms with Crippen molar-refractivity contribution in [1.82, 2.24) is 15.8 Å². The van der Waals surface area contributed by atoms with Gasteiger partial charge in [0.15, 0.2) is 0 Å². The van der Waals surface area contributed by atoms with Crippen LogP contribution in [0.3, 0.4) is 0 Å². The van der Waals surface area contributed by atoms with Crippen molar-refractivity contribution in [2.24, 2.45) is 5.92 Å². The molecule has 13 heavy (non-hydrogen) atoms. The van der Waals surface area contributed by atoms with Crippen LogP contribution < -0.4 is 10.9 Å². The Hall–Kier alpha value is -1.44. The van der Waals surface area contributed by atoms with Crippen LogP contribution in [0.2, 0.25) is 0 Å². The molecule has 0 aliphatic carbocycles. The molecule has 4 heteroatoms. The van der Waals surface area contributed by atoms with E-state index in [1.54, 1.807) is 12.4 Å². The molecular formula is C9H10N4. The van der Waals surface area contributed by atoms with Crippen molar-refractivity contribution >= 4 is 0 Å². The second kappa shape index (κ2) is 3.52. The van der Waals surface area contributed by atoms with Crippen LogP contribution in [0.15, 0.2) is 24.5 Å². The third-order valence-corrected chi connectivity index (χ3v) is 2.19. The Kier molecular flexibility index (Phi) is 2.21. The van der Waals surface area contributed by atoms with Gasteiger partial charge in [0.25, 0.3) is 0 Å². The zero-order chi connectivity index (χ0) is 9.10. The number of hydrazine groups is 1. The molecule has 4 nitrogen and oxygen atoms in total. The Bertz CT molecular complexity index is 316. The third-order valence-electron chi connectivity index (χ3n) is 2.19.